The van der Waals surface area contributed by atoms with Gasteiger partial charge in [0.15, 0.2) is 0 Å². The van der Waals surface area contributed by atoms with Gasteiger partial charge in [-0.2, -0.15) is 0 Å². The van der Waals surface area contributed by atoms with Crippen LogP contribution in [0.1, 0.15) is 6.42 Å². The summed E-state index contributed by atoms with van der Waals surface area (Å²) in [6, 6.07) is 0. The van der Waals surface area contributed by atoms with Gasteiger partial charge in [-0.15, -0.1) is 17.3 Å². The summed E-state index contributed by atoms with van der Waals surface area (Å²) in [5.41, 5.74) is 0.303. The molecule has 0 aliphatic carbocycles. The molecule has 0 saturated carbocycles. The largest absolute Gasteiger partial charge is 0.145 e. The zero-order valence-electron chi connectivity index (χ0n) is 5.30. The van der Waals surface area contributed by atoms with Gasteiger partial charge in [0.25, 0.3) is 0 Å². The van der Waals surface area contributed by atoms with Crippen molar-refractivity contribution in [2.75, 3.05) is 0 Å². The van der Waals surface area contributed by atoms with E-state index in [9.17, 15) is 4.91 Å². The van der Waals surface area contributed by atoms with Crippen molar-refractivity contribution in [3.8, 4) is 12.3 Å². The quantitative estimate of drug-likeness (QED) is 0.391. The van der Waals surface area contributed by atoms with Gasteiger partial charge in [0, 0.05) is 4.48 Å². The Balaban J connectivity index is 4.48. The molecule has 10 heavy (non-hydrogen) atoms. The van der Waals surface area contributed by atoms with Crippen molar-refractivity contribution in [2.45, 2.75) is 6.42 Å². The van der Waals surface area contributed by atoms with Gasteiger partial charge >= 0.3 is 0 Å². The summed E-state index contributed by atoms with van der Waals surface area (Å²) in [5, 5.41) is 2.72. The summed E-state index contributed by atoms with van der Waals surface area (Å²) in [4.78, 5) is 10.0. The summed E-state index contributed by atoms with van der Waals surface area (Å²) in [5.74, 6) is 2.30. The molecule has 0 aromatic heterocycles. The number of nitroso groups, excluding NO2 is 1. The smallest absolute Gasteiger partial charge is 0.111 e. The van der Waals surface area contributed by atoms with E-state index < -0.39 is 0 Å². The molecule has 0 aliphatic rings. The summed E-state index contributed by atoms with van der Waals surface area (Å²) in [7, 11) is 0. The van der Waals surface area contributed by atoms with E-state index in [2.05, 4.69) is 33.6 Å². The second-order valence-electron chi connectivity index (χ2n) is 1.47. The molecule has 0 atom stereocenters. The van der Waals surface area contributed by atoms with Crippen molar-refractivity contribution < 1.29 is 0 Å². The minimum absolute atomic E-state index is 0.232. The summed E-state index contributed by atoms with van der Waals surface area (Å²) < 4.78 is 0.556. The third-order valence-electron chi connectivity index (χ3n) is 0.835. The van der Waals surface area contributed by atoms with Crippen LogP contribution < -0.4 is 0 Å². The Hall–Kier alpha value is -0.880. The average molecular weight is 200 g/mol. The molecule has 0 heterocycles. The van der Waals surface area contributed by atoms with Gasteiger partial charge in [-0.1, -0.05) is 12.7 Å². The highest BCUT2D eigenvalue weighted by atomic mass is 79.9. The predicted octanol–water partition coefficient (Wildman–Crippen LogP) is 2.57. The molecule has 52 valence electrons. The highest BCUT2D eigenvalue weighted by molar-refractivity contribution is 9.11. The number of terminal acetylenes is 1. The Kier molecular flexibility index (Phi) is 4.51. The number of allylic oxidation sites excluding steroid dienone is 3. The molecule has 3 heteroatoms. The molecule has 0 unspecified atom stereocenters. The van der Waals surface area contributed by atoms with Gasteiger partial charge in [-0.05, 0) is 21.1 Å². The standard InChI is InChI=1S/C7H6BrNO/c1-3-5-7(9-10)6(8)4-2/h1,4H,2,5H2/b7-6-. The Morgan fingerprint density at radius 1 is 1.90 bits per heavy atom. The van der Waals surface area contributed by atoms with Gasteiger partial charge in [-0.3, -0.25) is 0 Å². The van der Waals surface area contributed by atoms with Crippen LogP contribution in [-0.4, -0.2) is 0 Å². The number of hydrogen-bond donors (Lipinski definition) is 0. The molecule has 0 aromatic rings. The van der Waals surface area contributed by atoms with Crippen molar-refractivity contribution in [1.29, 1.82) is 0 Å². The fourth-order valence-corrected chi connectivity index (χ4v) is 0.587. The van der Waals surface area contributed by atoms with Crippen LogP contribution in [0.25, 0.3) is 0 Å². The maximum Gasteiger partial charge on any atom is 0.111 e. The van der Waals surface area contributed by atoms with Crippen LogP contribution in [0.2, 0.25) is 0 Å². The Labute approximate surface area is 68.1 Å². The second kappa shape index (κ2) is 4.95. The first-order valence-corrected chi connectivity index (χ1v) is 3.33. The molecular formula is C7H6BrNO. The molecule has 0 aliphatic heterocycles. The number of halogens is 1. The Bertz CT molecular complexity index is 212. The normalized spacial score (nSPS) is 11.2. The molecular weight excluding hydrogens is 194 g/mol. The van der Waals surface area contributed by atoms with E-state index >= 15 is 0 Å². The van der Waals surface area contributed by atoms with Crippen molar-refractivity contribution in [2.24, 2.45) is 5.18 Å². The third kappa shape index (κ3) is 2.60. The third-order valence-corrected chi connectivity index (χ3v) is 1.62. The highest BCUT2D eigenvalue weighted by Crippen LogP contribution is 2.16. The Morgan fingerprint density at radius 2 is 2.50 bits per heavy atom. The molecule has 0 aromatic carbocycles. The van der Waals surface area contributed by atoms with Crippen LogP contribution in [0.5, 0.6) is 0 Å². The van der Waals surface area contributed by atoms with E-state index in [-0.39, 0.29) is 6.42 Å². The average Bonchev–Trinajstić information content (AvgIpc) is 1.99. The van der Waals surface area contributed by atoms with E-state index in [0.717, 1.165) is 0 Å². The van der Waals surface area contributed by atoms with Gasteiger partial charge in [0.05, 0.1) is 6.42 Å². The molecule has 0 radical (unpaired) electrons. The zero-order valence-corrected chi connectivity index (χ0v) is 6.89. The molecule has 0 N–H and O–H groups in total. The topological polar surface area (TPSA) is 29.4 Å². The molecule has 0 amide bonds. The minimum Gasteiger partial charge on any atom is -0.145 e. The molecule has 0 fully saturated rings. The van der Waals surface area contributed by atoms with E-state index in [0.29, 0.717) is 10.2 Å². The van der Waals surface area contributed by atoms with E-state index in [1.165, 1.54) is 6.08 Å². The van der Waals surface area contributed by atoms with Crippen LogP contribution in [0.3, 0.4) is 0 Å². The fraction of sp³-hybridized carbons (Fsp3) is 0.143. The summed E-state index contributed by atoms with van der Waals surface area (Å²) in [6.07, 6.45) is 6.67. The Morgan fingerprint density at radius 3 is 2.80 bits per heavy atom. The van der Waals surface area contributed by atoms with Crippen LogP contribution in [0.15, 0.2) is 28.0 Å². The highest BCUT2D eigenvalue weighted by Gasteiger charge is 1.97. The lowest BCUT2D eigenvalue weighted by Gasteiger charge is -1.91. The lowest BCUT2D eigenvalue weighted by Crippen LogP contribution is -1.76. The maximum absolute atomic E-state index is 10.0. The SMILES string of the molecule is C#CC/C(N=O)=C(/Br)C=C. The lowest BCUT2D eigenvalue weighted by atomic mass is 10.3. The first-order valence-electron chi connectivity index (χ1n) is 2.54. The second-order valence-corrected chi connectivity index (χ2v) is 2.33. The van der Waals surface area contributed by atoms with Gasteiger partial charge in [0.1, 0.15) is 5.70 Å². The van der Waals surface area contributed by atoms with Crippen molar-refractivity contribution in [1.82, 2.24) is 0 Å². The molecule has 0 saturated heterocycles. The molecule has 0 spiro atoms. The summed E-state index contributed by atoms with van der Waals surface area (Å²) in [6.45, 7) is 3.44. The first-order chi connectivity index (χ1) is 4.76. The van der Waals surface area contributed by atoms with Crippen LogP contribution in [0, 0.1) is 17.3 Å². The lowest BCUT2D eigenvalue weighted by molar-refractivity contribution is 1.18. The first kappa shape index (κ1) is 9.12. The van der Waals surface area contributed by atoms with Crippen molar-refractivity contribution in [3.05, 3.63) is 27.7 Å². The number of hydrogen-bond acceptors (Lipinski definition) is 2. The summed E-state index contributed by atoms with van der Waals surface area (Å²) >= 11 is 3.08. The monoisotopic (exact) mass is 199 g/mol. The van der Waals surface area contributed by atoms with E-state index in [1.54, 1.807) is 0 Å². The van der Waals surface area contributed by atoms with Gasteiger partial charge in [0.2, 0.25) is 0 Å². The minimum atomic E-state index is 0.232. The van der Waals surface area contributed by atoms with Crippen molar-refractivity contribution in [3.63, 3.8) is 0 Å². The maximum atomic E-state index is 10.0. The predicted molar refractivity (Wildman–Crippen MR) is 45.4 cm³/mol. The molecule has 2 nitrogen and oxygen atoms in total. The molecule has 0 rings (SSSR count). The van der Waals surface area contributed by atoms with Crippen LogP contribution >= 0.6 is 15.9 Å². The van der Waals surface area contributed by atoms with Crippen LogP contribution in [-0.2, 0) is 0 Å². The fourth-order valence-electron chi connectivity index (χ4n) is 0.375. The van der Waals surface area contributed by atoms with Crippen molar-refractivity contribution >= 4 is 15.9 Å². The number of rotatable bonds is 3. The van der Waals surface area contributed by atoms with Gasteiger partial charge in [-0.25, -0.2) is 0 Å². The van der Waals surface area contributed by atoms with E-state index in [1.807, 2.05) is 0 Å². The van der Waals surface area contributed by atoms with E-state index in [4.69, 9.17) is 6.42 Å². The van der Waals surface area contributed by atoms with Gasteiger partial charge < -0.3 is 0 Å². The zero-order chi connectivity index (χ0) is 7.98. The van der Waals surface area contributed by atoms with Crippen LogP contribution in [0.4, 0.5) is 0 Å². The number of nitrogens with zero attached hydrogens (tertiary/aromatic N) is 1. The molecule has 0 bridgehead atoms.